The van der Waals surface area contributed by atoms with E-state index < -0.39 is 10.0 Å². The Hall–Kier alpha value is -1.25. The molecule has 8 heteroatoms. The van der Waals surface area contributed by atoms with Crippen LogP contribution in [0.3, 0.4) is 0 Å². The van der Waals surface area contributed by atoms with Crippen molar-refractivity contribution in [2.24, 2.45) is 0 Å². The number of imidazole rings is 1. The number of hydrogen-bond acceptors (Lipinski definition) is 5. The van der Waals surface area contributed by atoms with Crippen molar-refractivity contribution in [3.8, 4) is 0 Å². The lowest BCUT2D eigenvalue weighted by molar-refractivity contribution is 0.459. The van der Waals surface area contributed by atoms with Gasteiger partial charge in [0.05, 0.1) is 17.7 Å². The summed E-state index contributed by atoms with van der Waals surface area (Å²) in [5, 5.41) is 0.731. The molecule has 92 valence electrons. The predicted octanol–water partition coefficient (Wildman–Crippen LogP) is 0.995. The van der Waals surface area contributed by atoms with Gasteiger partial charge < -0.3 is 4.98 Å². The highest BCUT2D eigenvalue weighted by atomic mass is 32.2. The van der Waals surface area contributed by atoms with E-state index in [0.29, 0.717) is 5.82 Å². The molecule has 2 aromatic heterocycles. The van der Waals surface area contributed by atoms with Crippen molar-refractivity contribution in [1.29, 1.82) is 0 Å². The Bertz CT molecular complexity index is 588. The highest BCUT2D eigenvalue weighted by Gasteiger charge is 2.23. The second kappa shape index (κ2) is 4.55. The standard InChI is InChI=1S/C9H12N4O2S2/c1-7-12-5-9(16-7)17(14,15)13(2)6-8-10-3-4-11-8/h3-5H,6H2,1-2H3,(H,10,11). The van der Waals surface area contributed by atoms with Crippen LogP contribution in [0.25, 0.3) is 0 Å². The molecular weight excluding hydrogens is 260 g/mol. The van der Waals surface area contributed by atoms with E-state index in [-0.39, 0.29) is 10.8 Å². The van der Waals surface area contributed by atoms with Gasteiger partial charge >= 0.3 is 0 Å². The van der Waals surface area contributed by atoms with E-state index in [1.807, 2.05) is 0 Å². The first-order valence-corrected chi connectivity index (χ1v) is 7.13. The average molecular weight is 272 g/mol. The highest BCUT2D eigenvalue weighted by Crippen LogP contribution is 2.21. The topological polar surface area (TPSA) is 79.0 Å². The second-order valence-electron chi connectivity index (χ2n) is 3.50. The molecular formula is C9H12N4O2S2. The van der Waals surface area contributed by atoms with Gasteiger partial charge in [0, 0.05) is 19.4 Å². The first-order chi connectivity index (χ1) is 8.00. The fourth-order valence-corrected chi connectivity index (χ4v) is 3.75. The van der Waals surface area contributed by atoms with Gasteiger partial charge in [-0.25, -0.2) is 18.4 Å². The molecule has 0 saturated carbocycles. The Morgan fingerprint density at radius 1 is 1.47 bits per heavy atom. The van der Waals surface area contributed by atoms with Gasteiger partial charge in [0.25, 0.3) is 10.0 Å². The third-order valence-electron chi connectivity index (χ3n) is 2.19. The number of H-pyrrole nitrogens is 1. The maximum atomic E-state index is 12.1. The quantitative estimate of drug-likeness (QED) is 0.900. The summed E-state index contributed by atoms with van der Waals surface area (Å²) >= 11 is 1.16. The Morgan fingerprint density at radius 3 is 2.76 bits per heavy atom. The van der Waals surface area contributed by atoms with Gasteiger partial charge in [-0.15, -0.1) is 11.3 Å². The minimum atomic E-state index is -3.46. The Morgan fingerprint density at radius 2 is 2.24 bits per heavy atom. The number of thiazole rings is 1. The normalized spacial score (nSPS) is 12.2. The van der Waals surface area contributed by atoms with Crippen LogP contribution in [0, 0.1) is 6.92 Å². The van der Waals surface area contributed by atoms with Crippen LogP contribution in [0.1, 0.15) is 10.8 Å². The molecule has 6 nitrogen and oxygen atoms in total. The lowest BCUT2D eigenvalue weighted by atomic mass is 10.6. The second-order valence-corrected chi connectivity index (χ2v) is 7.00. The van der Waals surface area contributed by atoms with E-state index in [9.17, 15) is 8.42 Å². The zero-order valence-corrected chi connectivity index (χ0v) is 11.0. The fraction of sp³-hybridized carbons (Fsp3) is 0.333. The lowest BCUT2D eigenvalue weighted by Crippen LogP contribution is -2.26. The Balaban J connectivity index is 2.21. The molecule has 0 saturated heterocycles. The lowest BCUT2D eigenvalue weighted by Gasteiger charge is -2.13. The largest absolute Gasteiger partial charge is 0.347 e. The van der Waals surface area contributed by atoms with Gasteiger partial charge in [0.15, 0.2) is 4.21 Å². The van der Waals surface area contributed by atoms with E-state index in [2.05, 4.69) is 15.0 Å². The van der Waals surface area contributed by atoms with Crippen LogP contribution in [0.15, 0.2) is 22.8 Å². The SMILES string of the molecule is Cc1ncc(S(=O)(=O)N(C)Cc2ncc[nH]2)s1. The number of sulfonamides is 1. The third kappa shape index (κ3) is 2.54. The van der Waals surface area contributed by atoms with Crippen molar-refractivity contribution in [3.05, 3.63) is 29.4 Å². The zero-order chi connectivity index (χ0) is 12.5. The van der Waals surface area contributed by atoms with E-state index in [4.69, 9.17) is 0 Å². The first-order valence-electron chi connectivity index (χ1n) is 4.87. The van der Waals surface area contributed by atoms with Crippen LogP contribution >= 0.6 is 11.3 Å². The molecule has 0 fully saturated rings. The van der Waals surface area contributed by atoms with E-state index >= 15 is 0 Å². The van der Waals surface area contributed by atoms with Gasteiger partial charge in [-0.1, -0.05) is 0 Å². The number of nitrogens with one attached hydrogen (secondary N) is 1. The molecule has 0 atom stereocenters. The molecule has 0 unspecified atom stereocenters. The maximum Gasteiger partial charge on any atom is 0.254 e. The zero-order valence-electron chi connectivity index (χ0n) is 9.41. The van der Waals surface area contributed by atoms with Crippen LogP contribution in [0.4, 0.5) is 0 Å². The number of aryl methyl sites for hydroxylation is 1. The van der Waals surface area contributed by atoms with E-state index in [1.54, 1.807) is 19.3 Å². The van der Waals surface area contributed by atoms with Gasteiger partial charge in [0.2, 0.25) is 0 Å². The van der Waals surface area contributed by atoms with Crippen molar-refractivity contribution in [1.82, 2.24) is 19.3 Å². The van der Waals surface area contributed by atoms with Crippen molar-refractivity contribution in [3.63, 3.8) is 0 Å². The summed E-state index contributed by atoms with van der Waals surface area (Å²) in [6.45, 7) is 1.99. The smallest absolute Gasteiger partial charge is 0.254 e. The molecule has 2 rings (SSSR count). The van der Waals surface area contributed by atoms with E-state index in [0.717, 1.165) is 16.3 Å². The fourth-order valence-electron chi connectivity index (χ4n) is 1.30. The van der Waals surface area contributed by atoms with E-state index in [1.165, 1.54) is 17.5 Å². The average Bonchev–Trinajstić information content (AvgIpc) is 2.89. The molecule has 2 aromatic rings. The molecule has 0 bridgehead atoms. The molecule has 0 aliphatic carbocycles. The van der Waals surface area contributed by atoms with Crippen molar-refractivity contribution in [2.75, 3.05) is 7.05 Å². The summed E-state index contributed by atoms with van der Waals surface area (Å²) in [5.74, 6) is 0.609. The molecule has 0 aliphatic rings. The summed E-state index contributed by atoms with van der Waals surface area (Å²) in [6, 6.07) is 0. The summed E-state index contributed by atoms with van der Waals surface area (Å²) in [7, 11) is -1.94. The number of nitrogens with zero attached hydrogens (tertiary/aromatic N) is 3. The molecule has 2 heterocycles. The summed E-state index contributed by atoms with van der Waals surface area (Å²) in [5.41, 5.74) is 0. The maximum absolute atomic E-state index is 12.1. The van der Waals surface area contributed by atoms with Crippen LogP contribution in [-0.4, -0.2) is 34.7 Å². The first kappa shape index (κ1) is 12.2. The van der Waals surface area contributed by atoms with Crippen LogP contribution in [0.2, 0.25) is 0 Å². The summed E-state index contributed by atoms with van der Waals surface area (Å²) in [6.07, 6.45) is 4.63. The van der Waals surface area contributed by atoms with Crippen molar-refractivity contribution >= 4 is 21.4 Å². The number of aromatic amines is 1. The number of rotatable bonds is 4. The highest BCUT2D eigenvalue weighted by molar-refractivity contribution is 7.91. The predicted molar refractivity (Wildman–Crippen MR) is 64.1 cm³/mol. The molecule has 0 radical (unpaired) electrons. The summed E-state index contributed by atoms with van der Waals surface area (Å²) < 4.78 is 25.8. The minimum absolute atomic E-state index is 0.215. The third-order valence-corrected chi connectivity index (χ3v) is 5.34. The van der Waals surface area contributed by atoms with Crippen molar-refractivity contribution in [2.45, 2.75) is 17.7 Å². The van der Waals surface area contributed by atoms with Crippen molar-refractivity contribution < 1.29 is 8.42 Å². The minimum Gasteiger partial charge on any atom is -0.347 e. The number of hydrogen-bond donors (Lipinski definition) is 1. The molecule has 0 aliphatic heterocycles. The molecule has 0 spiro atoms. The Labute approximate surface area is 103 Å². The monoisotopic (exact) mass is 272 g/mol. The van der Waals surface area contributed by atoms with Gasteiger partial charge in [0.1, 0.15) is 5.82 Å². The molecule has 17 heavy (non-hydrogen) atoms. The van der Waals surface area contributed by atoms with Crippen LogP contribution in [0.5, 0.6) is 0 Å². The van der Waals surface area contributed by atoms with Crippen LogP contribution in [-0.2, 0) is 16.6 Å². The van der Waals surface area contributed by atoms with Gasteiger partial charge in [-0.05, 0) is 6.92 Å². The Kier molecular flexibility index (Phi) is 3.27. The molecule has 0 aromatic carbocycles. The molecule has 0 amide bonds. The molecule has 1 N–H and O–H groups in total. The summed E-state index contributed by atoms with van der Waals surface area (Å²) in [4.78, 5) is 10.8. The van der Waals surface area contributed by atoms with Gasteiger partial charge in [-0.3, -0.25) is 0 Å². The van der Waals surface area contributed by atoms with Crippen LogP contribution < -0.4 is 0 Å². The van der Waals surface area contributed by atoms with Gasteiger partial charge in [-0.2, -0.15) is 4.31 Å². The number of aromatic nitrogens is 3.